The Hall–Kier alpha value is -3.90. The second-order valence-corrected chi connectivity index (χ2v) is 10.6. The fourth-order valence-electron chi connectivity index (χ4n) is 5.57. The van der Waals surface area contributed by atoms with E-state index in [1.807, 2.05) is 43.3 Å². The van der Waals surface area contributed by atoms with Gasteiger partial charge in [-0.2, -0.15) is 0 Å². The molecule has 1 fully saturated rings. The van der Waals surface area contributed by atoms with Gasteiger partial charge in [0.1, 0.15) is 18.1 Å². The molecule has 1 aliphatic heterocycles. The van der Waals surface area contributed by atoms with Crippen LogP contribution in [0.5, 0.6) is 11.5 Å². The highest BCUT2D eigenvalue weighted by Gasteiger charge is 2.47. The highest BCUT2D eigenvalue weighted by Crippen LogP contribution is 2.49. The van der Waals surface area contributed by atoms with E-state index in [2.05, 4.69) is 52.6 Å². The third-order valence-corrected chi connectivity index (χ3v) is 8.06. The summed E-state index contributed by atoms with van der Waals surface area (Å²) in [7, 11) is 3.80. The molecule has 6 rings (SSSR count). The Balaban J connectivity index is 1.20. The molecule has 1 aliphatic carbocycles. The van der Waals surface area contributed by atoms with E-state index in [1.54, 1.807) is 13.3 Å². The zero-order chi connectivity index (χ0) is 26.3. The number of pyridine rings is 1. The number of rotatable bonds is 7. The number of ether oxygens (including phenoxy) is 2. The van der Waals surface area contributed by atoms with Crippen molar-refractivity contribution in [3.63, 3.8) is 0 Å². The number of nitrogens with zero attached hydrogens (tertiary/aromatic N) is 2. The number of likely N-dealkylation sites (N-methyl/N-ethyl adjacent to an activating group) is 1. The summed E-state index contributed by atoms with van der Waals surface area (Å²) in [4.78, 5) is 20.5. The lowest BCUT2D eigenvalue weighted by Crippen LogP contribution is -2.41. The summed E-state index contributed by atoms with van der Waals surface area (Å²) in [5.41, 5.74) is 5.83. The van der Waals surface area contributed by atoms with Gasteiger partial charge in [-0.05, 0) is 79.8 Å². The van der Waals surface area contributed by atoms with Crippen molar-refractivity contribution in [2.75, 3.05) is 20.8 Å². The van der Waals surface area contributed by atoms with E-state index in [0.717, 1.165) is 53.6 Å². The van der Waals surface area contributed by atoms with Crippen LogP contribution in [0.25, 0.3) is 10.9 Å². The highest BCUT2D eigenvalue weighted by atomic mass is 16.5. The first-order valence-electron chi connectivity index (χ1n) is 13.2. The lowest BCUT2D eigenvalue weighted by Gasteiger charge is -2.33. The molecule has 4 aromatic rings. The molecule has 6 heteroatoms. The smallest absolute Gasteiger partial charge is 0.252 e. The Labute approximate surface area is 223 Å². The first kappa shape index (κ1) is 24.4. The molecule has 6 nitrogen and oxygen atoms in total. The SMILES string of the molecule is COc1cc(C2(NC(=O)c3cc(OCC4Cc5ccccc5CN4C)ccc3C)CC2)c2cccnc2c1. The minimum atomic E-state index is -0.422. The van der Waals surface area contributed by atoms with Crippen LogP contribution in [0.1, 0.15) is 45.5 Å². The maximum atomic E-state index is 13.6. The van der Waals surface area contributed by atoms with E-state index in [0.29, 0.717) is 17.9 Å². The van der Waals surface area contributed by atoms with Gasteiger partial charge in [0, 0.05) is 35.8 Å². The molecule has 194 valence electrons. The standard InChI is InChI=1S/C32H33N3O3/c1-21-10-11-25(38-20-24-15-22-7-4-5-8-23(22)19-35(24)2)16-28(21)31(36)34-32(12-13-32)29-17-26(37-3)18-30-27(29)9-6-14-33-30/h4-11,14,16-18,24H,12-13,15,19-20H2,1-3H3,(H,34,36). The van der Waals surface area contributed by atoms with E-state index in [9.17, 15) is 4.79 Å². The number of hydrogen-bond acceptors (Lipinski definition) is 5. The molecule has 2 aliphatic rings. The Morgan fingerprint density at radius 1 is 1.05 bits per heavy atom. The molecule has 1 aromatic heterocycles. The lowest BCUT2D eigenvalue weighted by atomic mass is 9.95. The first-order chi connectivity index (χ1) is 18.5. The maximum absolute atomic E-state index is 13.6. The van der Waals surface area contributed by atoms with E-state index >= 15 is 0 Å². The van der Waals surface area contributed by atoms with Crippen molar-refractivity contribution in [3.05, 3.63) is 101 Å². The summed E-state index contributed by atoms with van der Waals surface area (Å²) < 4.78 is 11.8. The van der Waals surface area contributed by atoms with Crippen LogP contribution in [0.2, 0.25) is 0 Å². The van der Waals surface area contributed by atoms with Crippen LogP contribution in [-0.2, 0) is 18.5 Å². The van der Waals surface area contributed by atoms with Crippen LogP contribution >= 0.6 is 0 Å². The summed E-state index contributed by atoms with van der Waals surface area (Å²) in [6.45, 7) is 3.46. The van der Waals surface area contributed by atoms with Gasteiger partial charge in [0.25, 0.3) is 5.91 Å². The van der Waals surface area contributed by atoms with Crippen LogP contribution in [0.4, 0.5) is 0 Å². The molecular formula is C32H33N3O3. The molecule has 0 saturated heterocycles. The first-order valence-corrected chi connectivity index (χ1v) is 13.2. The zero-order valence-electron chi connectivity index (χ0n) is 22.2. The molecule has 1 N–H and O–H groups in total. The monoisotopic (exact) mass is 507 g/mol. The van der Waals surface area contributed by atoms with Crippen LogP contribution < -0.4 is 14.8 Å². The number of carbonyl (C=O) groups is 1. The number of hydrogen-bond donors (Lipinski definition) is 1. The summed E-state index contributed by atoms with van der Waals surface area (Å²) in [6.07, 6.45) is 4.49. The van der Waals surface area contributed by atoms with E-state index in [4.69, 9.17) is 9.47 Å². The molecule has 38 heavy (non-hydrogen) atoms. The van der Waals surface area contributed by atoms with Crippen molar-refractivity contribution >= 4 is 16.8 Å². The average molecular weight is 508 g/mol. The highest BCUT2D eigenvalue weighted by molar-refractivity contribution is 5.97. The quantitative estimate of drug-likeness (QED) is 0.363. The molecule has 1 saturated carbocycles. The second kappa shape index (κ2) is 9.76. The van der Waals surface area contributed by atoms with Gasteiger partial charge in [0.05, 0.1) is 18.2 Å². The molecule has 0 radical (unpaired) electrons. The third-order valence-electron chi connectivity index (χ3n) is 8.06. The minimum absolute atomic E-state index is 0.0889. The van der Waals surface area contributed by atoms with Gasteiger partial charge >= 0.3 is 0 Å². The van der Waals surface area contributed by atoms with Crippen molar-refractivity contribution in [1.82, 2.24) is 15.2 Å². The van der Waals surface area contributed by atoms with Gasteiger partial charge in [0.2, 0.25) is 0 Å². The molecule has 3 aromatic carbocycles. The Morgan fingerprint density at radius 3 is 2.66 bits per heavy atom. The number of carbonyl (C=O) groups excluding carboxylic acids is 1. The van der Waals surface area contributed by atoms with E-state index in [1.165, 1.54) is 11.1 Å². The number of aromatic nitrogens is 1. The Bertz CT molecular complexity index is 1510. The number of nitrogens with one attached hydrogen (secondary N) is 1. The molecule has 0 bridgehead atoms. The van der Waals surface area contributed by atoms with Crippen molar-refractivity contribution < 1.29 is 14.3 Å². The number of methoxy groups -OCH3 is 1. The number of fused-ring (bicyclic) bond motifs is 2. The molecule has 1 unspecified atom stereocenters. The summed E-state index contributed by atoms with van der Waals surface area (Å²) in [5, 5.41) is 4.39. The van der Waals surface area contributed by atoms with Crippen LogP contribution in [-0.4, -0.2) is 42.6 Å². The fraction of sp³-hybridized carbons (Fsp3) is 0.312. The molecular weight excluding hydrogens is 474 g/mol. The van der Waals surface area contributed by atoms with E-state index < -0.39 is 5.54 Å². The maximum Gasteiger partial charge on any atom is 0.252 e. The normalized spacial score (nSPS) is 18.0. The fourth-order valence-corrected chi connectivity index (χ4v) is 5.57. The van der Waals surface area contributed by atoms with Crippen molar-refractivity contribution in [1.29, 1.82) is 0 Å². The molecule has 0 spiro atoms. The van der Waals surface area contributed by atoms with Gasteiger partial charge in [-0.3, -0.25) is 14.7 Å². The van der Waals surface area contributed by atoms with Gasteiger partial charge in [-0.25, -0.2) is 0 Å². The van der Waals surface area contributed by atoms with Crippen LogP contribution in [0, 0.1) is 6.92 Å². The number of aryl methyl sites for hydroxylation is 1. The predicted octanol–water partition coefficient (Wildman–Crippen LogP) is 5.41. The van der Waals surface area contributed by atoms with Gasteiger partial charge < -0.3 is 14.8 Å². The average Bonchev–Trinajstić information content (AvgIpc) is 3.72. The molecule has 1 amide bonds. The topological polar surface area (TPSA) is 63.7 Å². The Morgan fingerprint density at radius 2 is 1.87 bits per heavy atom. The van der Waals surface area contributed by atoms with Gasteiger partial charge in [-0.1, -0.05) is 36.4 Å². The molecule has 2 heterocycles. The molecule has 1 atom stereocenters. The van der Waals surface area contributed by atoms with Crippen molar-refractivity contribution in [2.45, 2.75) is 44.3 Å². The van der Waals surface area contributed by atoms with E-state index in [-0.39, 0.29) is 11.9 Å². The summed E-state index contributed by atoms with van der Waals surface area (Å²) >= 11 is 0. The van der Waals surface area contributed by atoms with Gasteiger partial charge in [-0.15, -0.1) is 0 Å². The Kier molecular flexibility index (Phi) is 6.28. The number of benzene rings is 3. The largest absolute Gasteiger partial charge is 0.497 e. The van der Waals surface area contributed by atoms with Gasteiger partial charge in [0.15, 0.2) is 0 Å². The summed E-state index contributed by atoms with van der Waals surface area (Å²) in [5.74, 6) is 1.37. The third kappa shape index (κ3) is 4.61. The van der Waals surface area contributed by atoms with Crippen molar-refractivity contribution in [2.24, 2.45) is 0 Å². The zero-order valence-corrected chi connectivity index (χ0v) is 22.2. The van der Waals surface area contributed by atoms with Crippen LogP contribution in [0.15, 0.2) is 72.9 Å². The minimum Gasteiger partial charge on any atom is -0.497 e. The van der Waals surface area contributed by atoms with Crippen molar-refractivity contribution in [3.8, 4) is 11.5 Å². The predicted molar refractivity (Wildman–Crippen MR) is 149 cm³/mol. The lowest BCUT2D eigenvalue weighted by molar-refractivity contribution is 0.0929. The second-order valence-electron chi connectivity index (χ2n) is 10.6. The number of amides is 1. The summed E-state index contributed by atoms with van der Waals surface area (Å²) in [6, 6.07) is 22.7. The van der Waals surface area contributed by atoms with Crippen LogP contribution in [0.3, 0.4) is 0 Å².